The molecule has 2 rings (SSSR count). The minimum Gasteiger partial charge on any atom is -0.396 e. The Morgan fingerprint density at radius 3 is 2.60 bits per heavy atom. The summed E-state index contributed by atoms with van der Waals surface area (Å²) in [6.45, 7) is 5.06. The van der Waals surface area contributed by atoms with Crippen LogP contribution < -0.4 is 10.6 Å². The van der Waals surface area contributed by atoms with Crippen molar-refractivity contribution in [1.29, 1.82) is 0 Å². The highest BCUT2D eigenvalue weighted by atomic mass is 16.3. The zero-order valence-corrected chi connectivity index (χ0v) is 15.2. The van der Waals surface area contributed by atoms with Crippen molar-refractivity contribution >= 4 is 6.03 Å². The number of urea groups is 1. The van der Waals surface area contributed by atoms with Crippen LogP contribution in [0, 0.1) is 5.41 Å². The van der Waals surface area contributed by atoms with Crippen LogP contribution in [0.1, 0.15) is 32.3 Å². The largest absolute Gasteiger partial charge is 0.396 e. The van der Waals surface area contributed by atoms with Gasteiger partial charge in [0.15, 0.2) is 0 Å². The SMILES string of the molecule is CCC(CC)(CO)CNC(=O)NCc1cccc(-c2cnn(C)c2)c1. The van der Waals surface area contributed by atoms with E-state index in [1.807, 2.05) is 57.6 Å². The number of benzene rings is 1. The molecule has 0 saturated heterocycles. The van der Waals surface area contributed by atoms with E-state index in [-0.39, 0.29) is 18.1 Å². The number of hydrogen-bond acceptors (Lipinski definition) is 3. The van der Waals surface area contributed by atoms with Crippen molar-refractivity contribution in [3.8, 4) is 11.1 Å². The van der Waals surface area contributed by atoms with Gasteiger partial charge in [-0.2, -0.15) is 5.10 Å². The molecule has 0 radical (unpaired) electrons. The van der Waals surface area contributed by atoms with E-state index in [1.54, 1.807) is 4.68 Å². The molecule has 0 aliphatic carbocycles. The van der Waals surface area contributed by atoms with Crippen LogP contribution in [0.4, 0.5) is 4.79 Å². The first-order chi connectivity index (χ1) is 12.0. The number of nitrogens with zero attached hydrogens (tertiary/aromatic N) is 2. The van der Waals surface area contributed by atoms with Crippen molar-refractivity contribution in [2.75, 3.05) is 13.2 Å². The van der Waals surface area contributed by atoms with Gasteiger partial charge in [0.25, 0.3) is 0 Å². The Labute approximate surface area is 149 Å². The molecule has 1 heterocycles. The number of aliphatic hydroxyl groups is 1. The number of amides is 2. The van der Waals surface area contributed by atoms with Crippen molar-refractivity contribution in [2.24, 2.45) is 12.5 Å². The molecule has 3 N–H and O–H groups in total. The van der Waals surface area contributed by atoms with Crippen LogP contribution in [-0.4, -0.2) is 34.1 Å². The summed E-state index contributed by atoms with van der Waals surface area (Å²) < 4.78 is 1.77. The van der Waals surface area contributed by atoms with E-state index in [9.17, 15) is 9.90 Å². The number of rotatable bonds is 8. The molecular weight excluding hydrogens is 316 g/mol. The van der Waals surface area contributed by atoms with Crippen LogP contribution in [0.15, 0.2) is 36.7 Å². The third kappa shape index (κ3) is 5.06. The molecule has 0 fully saturated rings. The molecule has 2 amide bonds. The zero-order chi connectivity index (χ0) is 18.3. The topological polar surface area (TPSA) is 79.2 Å². The lowest BCUT2D eigenvalue weighted by molar-refractivity contribution is 0.115. The van der Waals surface area contributed by atoms with Crippen LogP contribution >= 0.6 is 0 Å². The molecule has 6 nitrogen and oxygen atoms in total. The molecule has 0 aliphatic rings. The van der Waals surface area contributed by atoms with Gasteiger partial charge in [-0.1, -0.05) is 32.0 Å². The smallest absolute Gasteiger partial charge is 0.315 e. The lowest BCUT2D eigenvalue weighted by atomic mass is 9.83. The number of aryl methyl sites for hydroxylation is 1. The highest BCUT2D eigenvalue weighted by Crippen LogP contribution is 2.24. The molecule has 136 valence electrons. The number of aliphatic hydroxyl groups excluding tert-OH is 1. The van der Waals surface area contributed by atoms with Crippen molar-refractivity contribution in [1.82, 2.24) is 20.4 Å². The Morgan fingerprint density at radius 1 is 1.24 bits per heavy atom. The minimum atomic E-state index is -0.239. The molecule has 0 aliphatic heterocycles. The number of carbonyl (C=O) groups is 1. The fourth-order valence-electron chi connectivity index (χ4n) is 2.72. The van der Waals surface area contributed by atoms with Gasteiger partial charge in [0.1, 0.15) is 0 Å². The van der Waals surface area contributed by atoms with Gasteiger partial charge in [0, 0.05) is 37.3 Å². The summed E-state index contributed by atoms with van der Waals surface area (Å²) in [5, 5.41) is 19.5. The molecule has 1 aromatic carbocycles. The molecule has 0 atom stereocenters. The average Bonchev–Trinajstić information content (AvgIpc) is 3.08. The Bertz CT molecular complexity index is 684. The van der Waals surface area contributed by atoms with Crippen molar-refractivity contribution < 1.29 is 9.90 Å². The summed E-state index contributed by atoms with van der Waals surface area (Å²) in [6, 6.07) is 7.82. The molecule has 25 heavy (non-hydrogen) atoms. The standard InChI is InChI=1S/C19H28N4O2/c1-4-19(5-2,14-24)13-21-18(25)20-10-15-7-6-8-16(9-15)17-11-22-23(3)12-17/h6-9,11-12,24H,4-5,10,13-14H2,1-3H3,(H2,20,21,25). The van der Waals surface area contributed by atoms with Crippen molar-refractivity contribution in [2.45, 2.75) is 33.2 Å². The normalized spacial score (nSPS) is 11.4. The molecule has 0 saturated carbocycles. The predicted octanol–water partition coefficient (Wildman–Crippen LogP) is 2.69. The second-order valence-corrected chi connectivity index (χ2v) is 6.50. The Morgan fingerprint density at radius 2 is 2.00 bits per heavy atom. The van der Waals surface area contributed by atoms with Gasteiger partial charge in [-0.15, -0.1) is 0 Å². The average molecular weight is 344 g/mol. The van der Waals surface area contributed by atoms with Crippen LogP contribution in [0.3, 0.4) is 0 Å². The lowest BCUT2D eigenvalue weighted by Crippen LogP contribution is -2.43. The molecule has 0 unspecified atom stereocenters. The van der Waals surface area contributed by atoms with Crippen LogP contribution in [0.5, 0.6) is 0 Å². The first-order valence-electron chi connectivity index (χ1n) is 8.72. The fourth-order valence-corrected chi connectivity index (χ4v) is 2.72. The van der Waals surface area contributed by atoms with E-state index in [0.29, 0.717) is 13.1 Å². The Balaban J connectivity index is 1.90. The zero-order valence-electron chi connectivity index (χ0n) is 15.2. The molecular formula is C19H28N4O2. The van der Waals surface area contributed by atoms with E-state index >= 15 is 0 Å². The second-order valence-electron chi connectivity index (χ2n) is 6.50. The van der Waals surface area contributed by atoms with Crippen molar-refractivity contribution in [3.05, 3.63) is 42.2 Å². The summed E-state index contributed by atoms with van der Waals surface area (Å²) in [5.41, 5.74) is 2.91. The van der Waals surface area contributed by atoms with Gasteiger partial charge < -0.3 is 15.7 Å². The quantitative estimate of drug-likeness (QED) is 0.689. The number of carbonyl (C=O) groups excluding carboxylic acids is 1. The van der Waals surface area contributed by atoms with Gasteiger partial charge >= 0.3 is 6.03 Å². The molecule has 2 aromatic rings. The van der Waals surface area contributed by atoms with Gasteiger partial charge in [0.2, 0.25) is 0 Å². The maximum Gasteiger partial charge on any atom is 0.315 e. The van der Waals surface area contributed by atoms with E-state index in [2.05, 4.69) is 15.7 Å². The van der Waals surface area contributed by atoms with E-state index in [0.717, 1.165) is 29.5 Å². The van der Waals surface area contributed by atoms with Gasteiger partial charge in [-0.3, -0.25) is 4.68 Å². The maximum atomic E-state index is 12.1. The Hall–Kier alpha value is -2.34. The monoisotopic (exact) mass is 344 g/mol. The van der Waals surface area contributed by atoms with Crippen molar-refractivity contribution in [3.63, 3.8) is 0 Å². The minimum absolute atomic E-state index is 0.0768. The first kappa shape index (κ1) is 19.0. The van der Waals surface area contributed by atoms with E-state index in [4.69, 9.17) is 0 Å². The van der Waals surface area contributed by atoms with Gasteiger partial charge in [-0.05, 0) is 30.0 Å². The highest BCUT2D eigenvalue weighted by Gasteiger charge is 2.25. The summed E-state index contributed by atoms with van der Waals surface area (Å²) in [4.78, 5) is 12.1. The number of aromatic nitrogens is 2. The first-order valence-corrected chi connectivity index (χ1v) is 8.72. The van der Waals surface area contributed by atoms with Crippen LogP contribution in [0.25, 0.3) is 11.1 Å². The third-order valence-corrected chi connectivity index (χ3v) is 4.88. The summed E-state index contributed by atoms with van der Waals surface area (Å²) in [7, 11) is 1.89. The summed E-state index contributed by atoms with van der Waals surface area (Å²) in [5.74, 6) is 0. The van der Waals surface area contributed by atoms with E-state index in [1.165, 1.54) is 0 Å². The van der Waals surface area contributed by atoms with Gasteiger partial charge in [-0.25, -0.2) is 4.79 Å². The highest BCUT2D eigenvalue weighted by molar-refractivity contribution is 5.74. The van der Waals surface area contributed by atoms with Crippen LogP contribution in [-0.2, 0) is 13.6 Å². The molecule has 0 bridgehead atoms. The third-order valence-electron chi connectivity index (χ3n) is 4.88. The van der Waals surface area contributed by atoms with Crippen LogP contribution in [0.2, 0.25) is 0 Å². The van der Waals surface area contributed by atoms with E-state index < -0.39 is 0 Å². The second kappa shape index (κ2) is 8.67. The number of hydrogen-bond donors (Lipinski definition) is 3. The van der Waals surface area contributed by atoms with Gasteiger partial charge in [0.05, 0.1) is 12.8 Å². The maximum absolute atomic E-state index is 12.1. The number of nitrogens with one attached hydrogen (secondary N) is 2. The molecule has 0 spiro atoms. The summed E-state index contributed by atoms with van der Waals surface area (Å²) in [6.07, 6.45) is 5.44. The summed E-state index contributed by atoms with van der Waals surface area (Å²) >= 11 is 0. The molecule has 1 aromatic heterocycles. The fraction of sp³-hybridized carbons (Fsp3) is 0.474. The predicted molar refractivity (Wildman–Crippen MR) is 99.0 cm³/mol. The lowest BCUT2D eigenvalue weighted by Gasteiger charge is -2.29. The molecule has 6 heteroatoms. The Kier molecular flexibility index (Phi) is 6.58.